The number of imidazole rings is 1. The van der Waals surface area contributed by atoms with Crippen molar-refractivity contribution in [2.45, 2.75) is 45.3 Å². The minimum Gasteiger partial charge on any atom is -0.395 e. The fourth-order valence-electron chi connectivity index (χ4n) is 2.79. The van der Waals surface area contributed by atoms with E-state index in [2.05, 4.69) is 47.7 Å². The molecule has 1 aromatic heterocycles. The Bertz CT molecular complexity index is 416. The number of rotatable bonds is 5. The van der Waals surface area contributed by atoms with Crippen molar-refractivity contribution in [2.24, 2.45) is 0 Å². The van der Waals surface area contributed by atoms with Crippen molar-refractivity contribution in [3.63, 3.8) is 0 Å². The summed E-state index contributed by atoms with van der Waals surface area (Å²) in [7, 11) is 4.22. The van der Waals surface area contributed by atoms with E-state index in [1.54, 1.807) is 0 Å². The molecule has 5 heteroatoms. The predicted molar refractivity (Wildman–Crippen MR) is 76.1 cm³/mol. The van der Waals surface area contributed by atoms with Crippen LogP contribution in [0.25, 0.3) is 0 Å². The molecule has 0 saturated carbocycles. The molecule has 5 nitrogen and oxygen atoms in total. The van der Waals surface area contributed by atoms with Crippen LogP contribution in [0, 0.1) is 6.92 Å². The maximum absolute atomic E-state index is 9.55. The Morgan fingerprint density at radius 1 is 1.47 bits per heavy atom. The normalized spacial score (nSPS) is 24.5. The summed E-state index contributed by atoms with van der Waals surface area (Å²) in [5, 5.41) is 9.55. The van der Waals surface area contributed by atoms with Gasteiger partial charge in [0, 0.05) is 37.3 Å². The lowest BCUT2D eigenvalue weighted by molar-refractivity contribution is 0.151. The lowest BCUT2D eigenvalue weighted by atomic mass is 10.1. The van der Waals surface area contributed by atoms with Crippen LogP contribution in [0.5, 0.6) is 0 Å². The van der Waals surface area contributed by atoms with Crippen molar-refractivity contribution in [2.75, 3.05) is 27.2 Å². The maximum atomic E-state index is 9.55. The van der Waals surface area contributed by atoms with E-state index in [1.807, 2.05) is 0 Å². The number of aryl methyl sites for hydroxylation is 2. The van der Waals surface area contributed by atoms with E-state index in [9.17, 15) is 5.11 Å². The van der Waals surface area contributed by atoms with Crippen LogP contribution in [-0.2, 0) is 13.0 Å². The second-order valence-corrected chi connectivity index (χ2v) is 5.73. The minimum atomic E-state index is 0.231. The highest BCUT2D eigenvalue weighted by atomic mass is 16.3. The van der Waals surface area contributed by atoms with Crippen LogP contribution in [0.3, 0.4) is 0 Å². The first-order chi connectivity index (χ1) is 9.05. The smallest absolute Gasteiger partial charge is 0.106 e. The van der Waals surface area contributed by atoms with E-state index in [0.29, 0.717) is 6.04 Å². The molecule has 0 amide bonds. The van der Waals surface area contributed by atoms with Crippen molar-refractivity contribution in [3.05, 3.63) is 17.2 Å². The molecule has 0 spiro atoms. The molecule has 0 aromatic carbocycles. The molecule has 0 aliphatic carbocycles. The highest BCUT2D eigenvalue weighted by Crippen LogP contribution is 2.23. The average Bonchev–Trinajstić information content (AvgIpc) is 2.94. The summed E-state index contributed by atoms with van der Waals surface area (Å²) >= 11 is 0. The summed E-state index contributed by atoms with van der Waals surface area (Å²) in [6.07, 6.45) is 1.97. The molecule has 2 heterocycles. The van der Waals surface area contributed by atoms with Gasteiger partial charge in [-0.1, -0.05) is 6.92 Å². The molecule has 1 aliphatic heterocycles. The van der Waals surface area contributed by atoms with Crippen LogP contribution in [0.4, 0.5) is 0 Å². The topological polar surface area (TPSA) is 55.4 Å². The van der Waals surface area contributed by atoms with Gasteiger partial charge in [-0.2, -0.15) is 0 Å². The lowest BCUT2D eigenvalue weighted by Gasteiger charge is -2.22. The first-order valence-corrected chi connectivity index (χ1v) is 7.10. The first-order valence-electron chi connectivity index (χ1n) is 7.10. The van der Waals surface area contributed by atoms with Gasteiger partial charge < -0.3 is 15.0 Å². The zero-order valence-electron chi connectivity index (χ0n) is 12.5. The Hall–Kier alpha value is -0.910. The number of H-pyrrole nitrogens is 1. The van der Waals surface area contributed by atoms with Crippen LogP contribution in [0.2, 0.25) is 0 Å². The highest BCUT2D eigenvalue weighted by molar-refractivity contribution is 5.13. The Morgan fingerprint density at radius 2 is 2.21 bits per heavy atom. The van der Waals surface area contributed by atoms with Gasteiger partial charge >= 0.3 is 0 Å². The zero-order valence-corrected chi connectivity index (χ0v) is 12.5. The number of aliphatic hydroxyl groups is 1. The number of likely N-dealkylation sites (tertiary alicyclic amines) is 1. The summed E-state index contributed by atoms with van der Waals surface area (Å²) in [5.74, 6) is 1.05. The van der Waals surface area contributed by atoms with Gasteiger partial charge in [-0.15, -0.1) is 0 Å². The largest absolute Gasteiger partial charge is 0.395 e. The minimum absolute atomic E-state index is 0.231. The number of aromatic amines is 1. The Labute approximate surface area is 115 Å². The SMILES string of the molecule is CCc1nc(CN2C[C@H](N(C)C)C[C@H]2CO)c(C)[nH]1. The second-order valence-electron chi connectivity index (χ2n) is 5.73. The van der Waals surface area contributed by atoms with Crippen molar-refractivity contribution in [3.8, 4) is 0 Å². The van der Waals surface area contributed by atoms with E-state index in [-0.39, 0.29) is 12.6 Å². The second kappa shape index (κ2) is 6.03. The number of aromatic nitrogens is 2. The predicted octanol–water partition coefficient (Wildman–Crippen LogP) is 0.777. The average molecular weight is 266 g/mol. The van der Waals surface area contributed by atoms with Crippen LogP contribution < -0.4 is 0 Å². The maximum Gasteiger partial charge on any atom is 0.106 e. The number of hydrogen-bond acceptors (Lipinski definition) is 4. The number of aliphatic hydroxyl groups excluding tert-OH is 1. The molecule has 2 atom stereocenters. The monoisotopic (exact) mass is 266 g/mol. The molecule has 0 radical (unpaired) electrons. The standard InChI is InChI=1S/C14H26N4O/c1-5-14-15-10(2)13(16-14)8-18-7-11(17(3)4)6-12(18)9-19/h11-12,19H,5-9H2,1-4H3,(H,15,16)/t11-,12+/m1/s1. The third kappa shape index (κ3) is 3.16. The quantitative estimate of drug-likeness (QED) is 0.827. The third-order valence-corrected chi connectivity index (χ3v) is 4.17. The molecule has 2 rings (SSSR count). The molecule has 1 fully saturated rings. The van der Waals surface area contributed by atoms with Crippen LogP contribution in [0.1, 0.15) is 30.6 Å². The molecular weight excluding hydrogens is 240 g/mol. The summed E-state index contributed by atoms with van der Waals surface area (Å²) in [4.78, 5) is 12.6. The van der Waals surface area contributed by atoms with E-state index in [0.717, 1.165) is 43.1 Å². The molecule has 2 N–H and O–H groups in total. The van der Waals surface area contributed by atoms with E-state index in [4.69, 9.17) is 0 Å². The molecule has 1 aliphatic rings. The summed E-state index contributed by atoms with van der Waals surface area (Å²) in [6.45, 7) is 6.25. The third-order valence-electron chi connectivity index (χ3n) is 4.17. The van der Waals surface area contributed by atoms with Gasteiger partial charge in [-0.05, 0) is 27.4 Å². The molecule has 1 saturated heterocycles. The number of likely N-dealkylation sites (N-methyl/N-ethyl adjacent to an activating group) is 1. The van der Waals surface area contributed by atoms with Crippen molar-refractivity contribution >= 4 is 0 Å². The summed E-state index contributed by atoms with van der Waals surface area (Å²) < 4.78 is 0. The van der Waals surface area contributed by atoms with Gasteiger partial charge in [0.2, 0.25) is 0 Å². The lowest BCUT2D eigenvalue weighted by Crippen LogP contribution is -2.33. The molecule has 108 valence electrons. The van der Waals surface area contributed by atoms with E-state index in [1.165, 1.54) is 0 Å². The Morgan fingerprint density at radius 3 is 2.74 bits per heavy atom. The number of nitrogens with one attached hydrogen (secondary N) is 1. The number of nitrogens with zero attached hydrogens (tertiary/aromatic N) is 3. The van der Waals surface area contributed by atoms with Crippen molar-refractivity contribution in [1.82, 2.24) is 19.8 Å². The fourth-order valence-corrected chi connectivity index (χ4v) is 2.79. The van der Waals surface area contributed by atoms with Gasteiger partial charge in [-0.3, -0.25) is 4.90 Å². The molecular formula is C14H26N4O. The zero-order chi connectivity index (χ0) is 14.0. The van der Waals surface area contributed by atoms with E-state index < -0.39 is 0 Å². The van der Waals surface area contributed by atoms with Gasteiger partial charge in [0.15, 0.2) is 0 Å². The Kier molecular flexibility index (Phi) is 4.60. The van der Waals surface area contributed by atoms with Gasteiger partial charge in [0.1, 0.15) is 5.82 Å². The molecule has 1 aromatic rings. The van der Waals surface area contributed by atoms with Gasteiger partial charge in [0.05, 0.1) is 12.3 Å². The van der Waals surface area contributed by atoms with E-state index >= 15 is 0 Å². The molecule has 19 heavy (non-hydrogen) atoms. The van der Waals surface area contributed by atoms with Crippen molar-refractivity contribution < 1.29 is 5.11 Å². The highest BCUT2D eigenvalue weighted by Gasteiger charge is 2.33. The van der Waals surface area contributed by atoms with Gasteiger partial charge in [0.25, 0.3) is 0 Å². The Balaban J connectivity index is 2.06. The van der Waals surface area contributed by atoms with Crippen LogP contribution in [0.15, 0.2) is 0 Å². The van der Waals surface area contributed by atoms with Crippen molar-refractivity contribution in [1.29, 1.82) is 0 Å². The van der Waals surface area contributed by atoms with Crippen LogP contribution in [-0.4, -0.2) is 64.2 Å². The van der Waals surface area contributed by atoms with Gasteiger partial charge in [-0.25, -0.2) is 4.98 Å². The molecule has 0 unspecified atom stereocenters. The van der Waals surface area contributed by atoms with Crippen LogP contribution >= 0.6 is 0 Å². The fraction of sp³-hybridized carbons (Fsp3) is 0.786. The first kappa shape index (κ1) is 14.5. The summed E-state index contributed by atoms with van der Waals surface area (Å²) in [6, 6.07) is 0.788. The number of hydrogen-bond donors (Lipinski definition) is 2. The summed E-state index contributed by atoms with van der Waals surface area (Å²) in [5.41, 5.74) is 2.27. The molecule has 0 bridgehead atoms.